The Labute approximate surface area is 69.2 Å². The van der Waals surface area contributed by atoms with E-state index in [4.69, 9.17) is 5.73 Å². The molecule has 0 heterocycles. The zero-order valence-electron chi connectivity index (χ0n) is 6.61. The van der Waals surface area contributed by atoms with Crippen molar-refractivity contribution in [3.05, 3.63) is 34.0 Å². The van der Waals surface area contributed by atoms with Crippen molar-refractivity contribution < 1.29 is 9.66 Å². The van der Waals surface area contributed by atoms with Gasteiger partial charge in [-0.25, -0.2) is 4.99 Å². The average molecular weight is 171 g/mol. The molecule has 12 heavy (non-hydrogen) atoms. The molecule has 0 atom stereocenters. The van der Waals surface area contributed by atoms with Crippen LogP contribution >= 0.6 is 0 Å². The predicted molar refractivity (Wildman–Crippen MR) is 43.9 cm³/mol. The lowest BCUT2D eigenvalue weighted by molar-refractivity contribution is -0.425. The summed E-state index contributed by atoms with van der Waals surface area (Å²) in [5, 5.41) is 10.3. The van der Waals surface area contributed by atoms with Crippen molar-refractivity contribution >= 4 is 6.72 Å². The maximum atomic E-state index is 10.3. The lowest BCUT2D eigenvalue weighted by atomic mass is 10.4. The summed E-state index contributed by atoms with van der Waals surface area (Å²) in [7, 11) is 1.25. The fraction of sp³-hybridized carbons (Fsp3) is 0.167. The van der Waals surface area contributed by atoms with Crippen molar-refractivity contribution in [1.82, 2.24) is 0 Å². The summed E-state index contributed by atoms with van der Waals surface area (Å²) >= 11 is 0. The maximum Gasteiger partial charge on any atom is 0.351 e. The van der Waals surface area contributed by atoms with Gasteiger partial charge in [-0.3, -0.25) is 10.1 Å². The molecule has 0 aromatic carbocycles. The number of rotatable bonds is 4. The van der Waals surface area contributed by atoms with E-state index in [9.17, 15) is 10.1 Å². The second-order valence-corrected chi connectivity index (χ2v) is 1.78. The Morgan fingerprint density at radius 2 is 2.25 bits per heavy atom. The van der Waals surface area contributed by atoms with Gasteiger partial charge in [0.05, 0.1) is 12.0 Å². The topological polar surface area (TPSA) is 90.8 Å². The molecule has 0 saturated heterocycles. The summed E-state index contributed by atoms with van der Waals surface area (Å²) in [6.45, 7) is 6.32. The number of ether oxygens (including phenoxy) is 1. The summed E-state index contributed by atoms with van der Waals surface area (Å²) in [4.78, 5) is 12.8. The summed E-state index contributed by atoms with van der Waals surface area (Å²) < 4.78 is 4.53. The Hall–Kier alpha value is -1.85. The monoisotopic (exact) mass is 171 g/mol. The van der Waals surface area contributed by atoms with E-state index < -0.39 is 10.6 Å². The summed E-state index contributed by atoms with van der Waals surface area (Å²) in [6.07, 6.45) is 0. The second kappa shape index (κ2) is 4.12. The molecule has 0 aliphatic rings. The molecule has 0 radical (unpaired) electrons. The van der Waals surface area contributed by atoms with Gasteiger partial charge < -0.3 is 10.5 Å². The first kappa shape index (κ1) is 10.2. The van der Waals surface area contributed by atoms with Crippen LogP contribution in [0.2, 0.25) is 0 Å². The van der Waals surface area contributed by atoms with E-state index in [0.29, 0.717) is 0 Å². The Morgan fingerprint density at radius 1 is 1.75 bits per heavy atom. The zero-order chi connectivity index (χ0) is 9.72. The molecule has 0 fully saturated rings. The lowest BCUT2D eigenvalue weighted by Crippen LogP contribution is -2.10. The minimum atomic E-state index is -0.726. The van der Waals surface area contributed by atoms with E-state index in [1.807, 2.05) is 0 Å². The van der Waals surface area contributed by atoms with Crippen molar-refractivity contribution in [3.63, 3.8) is 0 Å². The van der Waals surface area contributed by atoms with E-state index in [2.05, 4.69) is 23.0 Å². The maximum absolute atomic E-state index is 10.3. The van der Waals surface area contributed by atoms with Crippen LogP contribution in [0, 0.1) is 10.1 Å². The molecular formula is C6H9N3O3. The van der Waals surface area contributed by atoms with Crippen molar-refractivity contribution in [2.75, 3.05) is 7.11 Å². The highest BCUT2D eigenvalue weighted by Crippen LogP contribution is 2.11. The minimum absolute atomic E-state index is 0.148. The van der Waals surface area contributed by atoms with Crippen LogP contribution in [0.1, 0.15) is 0 Å². The molecule has 0 amide bonds. The summed E-state index contributed by atoms with van der Waals surface area (Å²) in [5.41, 5.74) is 4.70. The molecule has 2 N–H and O–H groups in total. The minimum Gasteiger partial charge on any atom is -0.490 e. The molecule has 6 heteroatoms. The quantitative estimate of drug-likeness (QED) is 0.216. The van der Waals surface area contributed by atoms with Gasteiger partial charge in [-0.1, -0.05) is 0 Å². The van der Waals surface area contributed by atoms with E-state index in [1.54, 1.807) is 0 Å². The summed E-state index contributed by atoms with van der Waals surface area (Å²) in [6, 6.07) is 0. The SMILES string of the molecule is C=N/C(N)=C(\C(=C)OC)[N+](=O)[O-]. The molecule has 0 bridgehead atoms. The number of nitro groups is 1. The normalized spacial score (nSPS) is 11.4. The molecule has 0 rings (SSSR count). The summed E-state index contributed by atoms with van der Waals surface area (Å²) in [5.74, 6) is -0.461. The number of nitrogens with two attached hydrogens (primary N) is 1. The van der Waals surface area contributed by atoms with Crippen LogP contribution in [0.5, 0.6) is 0 Å². The number of aliphatic imine (C=N–C) groups is 1. The van der Waals surface area contributed by atoms with Crippen LogP contribution in [-0.4, -0.2) is 18.8 Å². The standard InChI is InChI=1S/C6H9N3O3/c1-4(12-3)5(9(10)11)6(7)8-2/h1-2,7H2,3H3/b6-5+. The molecular weight excluding hydrogens is 162 g/mol. The van der Waals surface area contributed by atoms with Gasteiger partial charge >= 0.3 is 5.70 Å². The highest BCUT2D eigenvalue weighted by molar-refractivity contribution is 5.31. The van der Waals surface area contributed by atoms with Gasteiger partial charge in [0, 0.05) is 0 Å². The average Bonchev–Trinajstić information content (AvgIpc) is 2.03. The van der Waals surface area contributed by atoms with Crippen molar-refractivity contribution in [2.24, 2.45) is 10.7 Å². The first-order valence-corrected chi connectivity index (χ1v) is 2.88. The third kappa shape index (κ3) is 2.08. The van der Waals surface area contributed by atoms with Gasteiger partial charge in [0.15, 0.2) is 5.76 Å². The Kier molecular flexibility index (Phi) is 3.48. The van der Waals surface area contributed by atoms with Crippen LogP contribution in [-0.2, 0) is 4.74 Å². The number of hydrogen-bond donors (Lipinski definition) is 1. The van der Waals surface area contributed by atoms with Gasteiger partial charge in [-0.2, -0.15) is 0 Å². The van der Waals surface area contributed by atoms with Crippen molar-refractivity contribution in [1.29, 1.82) is 0 Å². The Morgan fingerprint density at radius 3 is 2.50 bits per heavy atom. The number of hydrogen-bond acceptors (Lipinski definition) is 5. The number of nitrogens with zero attached hydrogens (tertiary/aromatic N) is 2. The number of methoxy groups -OCH3 is 1. The van der Waals surface area contributed by atoms with Gasteiger partial charge in [0.25, 0.3) is 0 Å². The predicted octanol–water partition coefficient (Wildman–Crippen LogP) is 0.252. The van der Waals surface area contributed by atoms with Crippen LogP contribution in [0.4, 0.5) is 0 Å². The molecule has 0 unspecified atom stereocenters. The first-order chi connectivity index (χ1) is 5.54. The molecule has 66 valence electrons. The first-order valence-electron chi connectivity index (χ1n) is 2.88. The Bertz CT molecular complexity index is 257. The van der Waals surface area contributed by atoms with Gasteiger partial charge in [-0.05, 0) is 13.3 Å². The molecule has 0 aliphatic heterocycles. The van der Waals surface area contributed by atoms with E-state index >= 15 is 0 Å². The molecule has 0 saturated carbocycles. The zero-order valence-corrected chi connectivity index (χ0v) is 6.61. The largest absolute Gasteiger partial charge is 0.490 e. The molecule has 0 aliphatic carbocycles. The molecule has 0 spiro atoms. The van der Waals surface area contributed by atoms with E-state index in [-0.39, 0.29) is 11.6 Å². The van der Waals surface area contributed by atoms with Crippen LogP contribution in [0.25, 0.3) is 0 Å². The molecule has 0 aromatic heterocycles. The fourth-order valence-corrected chi connectivity index (χ4v) is 0.510. The van der Waals surface area contributed by atoms with E-state index in [1.165, 1.54) is 7.11 Å². The highest BCUT2D eigenvalue weighted by Gasteiger charge is 2.20. The third-order valence-corrected chi connectivity index (χ3v) is 1.11. The molecule has 0 aromatic rings. The molecule has 6 nitrogen and oxygen atoms in total. The second-order valence-electron chi connectivity index (χ2n) is 1.78. The van der Waals surface area contributed by atoms with Crippen LogP contribution in [0.15, 0.2) is 28.8 Å². The highest BCUT2D eigenvalue weighted by atomic mass is 16.6. The van der Waals surface area contributed by atoms with Crippen molar-refractivity contribution in [3.8, 4) is 0 Å². The Balaban J connectivity index is 5.04. The van der Waals surface area contributed by atoms with Gasteiger partial charge in [0.2, 0.25) is 5.82 Å². The fourth-order valence-electron chi connectivity index (χ4n) is 0.510. The van der Waals surface area contributed by atoms with Crippen LogP contribution in [0.3, 0.4) is 0 Å². The van der Waals surface area contributed by atoms with Gasteiger partial charge in [0.1, 0.15) is 0 Å². The lowest BCUT2D eigenvalue weighted by Gasteiger charge is -2.01. The third-order valence-electron chi connectivity index (χ3n) is 1.11. The van der Waals surface area contributed by atoms with Crippen LogP contribution < -0.4 is 5.73 Å². The smallest absolute Gasteiger partial charge is 0.351 e. The van der Waals surface area contributed by atoms with Gasteiger partial charge in [-0.15, -0.1) is 0 Å². The van der Waals surface area contributed by atoms with E-state index in [0.717, 1.165) is 0 Å². The van der Waals surface area contributed by atoms with Crippen molar-refractivity contribution in [2.45, 2.75) is 0 Å².